The van der Waals surface area contributed by atoms with Gasteiger partial charge in [0.15, 0.2) is 15.0 Å². The Kier molecular flexibility index (Phi) is 5.36. The number of anilines is 1. The summed E-state index contributed by atoms with van der Waals surface area (Å²) >= 11 is 1.17. The average Bonchev–Trinajstić information content (AvgIpc) is 2.99. The SMILES string of the molecule is N=C(N)c1c(-c2cccc3nc(N)sc23)ccc(S(=O)(=O)CCN)c1S(N)(=O)=O. The van der Waals surface area contributed by atoms with E-state index in [1.807, 2.05) is 0 Å². The van der Waals surface area contributed by atoms with Gasteiger partial charge >= 0.3 is 0 Å². The maximum atomic E-state index is 12.6. The summed E-state index contributed by atoms with van der Waals surface area (Å²) < 4.78 is 50.6. The van der Waals surface area contributed by atoms with Gasteiger partial charge in [0.1, 0.15) is 10.7 Å². The molecule has 0 spiro atoms. The second kappa shape index (κ2) is 7.35. The van der Waals surface area contributed by atoms with Crippen LogP contribution >= 0.6 is 11.3 Å². The minimum Gasteiger partial charge on any atom is -0.384 e. The molecule has 0 amide bonds. The fraction of sp³-hybridized carbons (Fsp3) is 0.125. The van der Waals surface area contributed by atoms with Gasteiger partial charge in [0.2, 0.25) is 10.0 Å². The minimum atomic E-state index is -4.57. The third-order valence-electron chi connectivity index (χ3n) is 4.12. The number of nitrogens with two attached hydrogens (primary N) is 4. The van der Waals surface area contributed by atoms with E-state index in [9.17, 15) is 16.8 Å². The quantitative estimate of drug-likeness (QED) is 0.256. The Hall–Kier alpha value is -2.58. The first-order valence-corrected chi connectivity index (χ1v) is 12.1. The molecule has 2 aromatic carbocycles. The number of nitrogens with one attached hydrogen (secondary N) is 1. The highest BCUT2D eigenvalue weighted by Gasteiger charge is 2.31. The van der Waals surface area contributed by atoms with Gasteiger partial charge < -0.3 is 17.2 Å². The lowest BCUT2D eigenvalue weighted by molar-refractivity contribution is 0.583. The second-order valence-corrected chi connectivity index (χ2v) is 10.7. The van der Waals surface area contributed by atoms with Crippen molar-refractivity contribution in [3.8, 4) is 11.1 Å². The zero-order valence-corrected chi connectivity index (χ0v) is 17.4. The number of nitrogen functional groups attached to an aromatic ring is 2. The van der Waals surface area contributed by atoms with Gasteiger partial charge in [-0.15, -0.1) is 0 Å². The number of hydrogen-bond donors (Lipinski definition) is 5. The zero-order chi connectivity index (χ0) is 21.6. The highest BCUT2D eigenvalue weighted by molar-refractivity contribution is 7.93. The molecule has 0 aliphatic rings. The Morgan fingerprint density at radius 2 is 1.79 bits per heavy atom. The molecule has 9 N–H and O–H groups in total. The number of benzene rings is 2. The largest absolute Gasteiger partial charge is 0.384 e. The average molecular weight is 455 g/mol. The van der Waals surface area contributed by atoms with Gasteiger partial charge in [0.05, 0.1) is 20.9 Å². The predicted octanol–water partition coefficient (Wildman–Crippen LogP) is 0.209. The van der Waals surface area contributed by atoms with Gasteiger partial charge in [0.25, 0.3) is 0 Å². The smallest absolute Gasteiger partial charge is 0.240 e. The number of hydrogen-bond acceptors (Lipinski definition) is 9. The normalized spacial score (nSPS) is 12.3. The highest BCUT2D eigenvalue weighted by Crippen LogP contribution is 2.39. The first kappa shape index (κ1) is 21.1. The maximum Gasteiger partial charge on any atom is 0.240 e. The van der Waals surface area contributed by atoms with E-state index in [0.29, 0.717) is 20.9 Å². The molecule has 0 saturated carbocycles. The zero-order valence-electron chi connectivity index (χ0n) is 14.9. The summed E-state index contributed by atoms with van der Waals surface area (Å²) in [6.07, 6.45) is 0. The minimum absolute atomic E-state index is 0.219. The second-order valence-electron chi connectivity index (χ2n) is 6.09. The fourth-order valence-corrected chi connectivity index (χ4v) is 6.66. The van der Waals surface area contributed by atoms with Crippen LogP contribution in [0.5, 0.6) is 0 Å². The van der Waals surface area contributed by atoms with E-state index in [1.54, 1.807) is 18.2 Å². The maximum absolute atomic E-state index is 12.6. The number of sulfone groups is 1. The standard InChI is InChI=1S/C16H18N6O4S3/c17-6-7-28(23,24)11-5-4-8(12(15(18)19)14(11)29(21,25)26)9-2-1-3-10-13(9)27-16(20)22-10/h1-5H,6-7,17H2,(H3,18,19)(H2,20,22)(H2,21,25,26). The van der Waals surface area contributed by atoms with Crippen LogP contribution in [0.4, 0.5) is 5.13 Å². The Morgan fingerprint density at radius 1 is 1.10 bits per heavy atom. The third-order valence-corrected chi connectivity index (χ3v) is 7.96. The molecule has 0 radical (unpaired) electrons. The van der Waals surface area contributed by atoms with E-state index in [1.165, 1.54) is 17.4 Å². The molecule has 0 aliphatic heterocycles. The summed E-state index contributed by atoms with van der Waals surface area (Å²) in [6.45, 7) is -0.219. The highest BCUT2D eigenvalue weighted by atomic mass is 32.2. The Morgan fingerprint density at radius 3 is 2.38 bits per heavy atom. The molecule has 0 atom stereocenters. The van der Waals surface area contributed by atoms with Gasteiger partial charge in [0, 0.05) is 17.7 Å². The van der Waals surface area contributed by atoms with E-state index >= 15 is 0 Å². The van der Waals surface area contributed by atoms with E-state index in [2.05, 4.69) is 4.98 Å². The number of nitrogens with zero attached hydrogens (tertiary/aromatic N) is 1. The number of amidine groups is 1. The topological polar surface area (TPSA) is 209 Å². The lowest BCUT2D eigenvalue weighted by Crippen LogP contribution is -2.26. The van der Waals surface area contributed by atoms with Crippen LogP contribution in [0.25, 0.3) is 21.3 Å². The van der Waals surface area contributed by atoms with Crippen LogP contribution < -0.4 is 22.3 Å². The summed E-state index contributed by atoms with van der Waals surface area (Å²) in [5.41, 5.74) is 17.8. The Balaban J connectivity index is 2.49. The number of sulfonamides is 1. The molecule has 0 bridgehead atoms. The van der Waals surface area contributed by atoms with E-state index < -0.39 is 41.2 Å². The first-order chi connectivity index (χ1) is 13.5. The van der Waals surface area contributed by atoms with Crippen molar-refractivity contribution in [3.05, 3.63) is 35.9 Å². The molecule has 1 heterocycles. The molecule has 3 aromatic rings. The van der Waals surface area contributed by atoms with Crippen molar-refractivity contribution >= 4 is 52.4 Å². The predicted molar refractivity (Wildman–Crippen MR) is 113 cm³/mol. The van der Waals surface area contributed by atoms with Crippen molar-refractivity contribution in [3.63, 3.8) is 0 Å². The van der Waals surface area contributed by atoms with Gasteiger partial charge in [-0.1, -0.05) is 29.5 Å². The molecule has 0 aliphatic carbocycles. The van der Waals surface area contributed by atoms with Crippen LogP contribution in [-0.2, 0) is 19.9 Å². The van der Waals surface area contributed by atoms with Gasteiger partial charge in [-0.05, 0) is 17.7 Å². The fourth-order valence-electron chi connectivity index (χ4n) is 3.03. The lowest BCUT2D eigenvalue weighted by atomic mass is 9.98. The summed E-state index contributed by atoms with van der Waals surface area (Å²) in [7, 11) is -8.65. The van der Waals surface area contributed by atoms with Gasteiger partial charge in [-0.25, -0.2) is 27.0 Å². The molecule has 154 valence electrons. The number of thiazole rings is 1. The van der Waals surface area contributed by atoms with Gasteiger partial charge in [-0.2, -0.15) is 0 Å². The molecule has 0 saturated heterocycles. The molecule has 13 heteroatoms. The molecule has 3 rings (SSSR count). The molecule has 0 unspecified atom stereocenters. The van der Waals surface area contributed by atoms with Crippen molar-refractivity contribution in [2.24, 2.45) is 16.6 Å². The van der Waals surface area contributed by atoms with Crippen molar-refractivity contribution in [1.82, 2.24) is 4.98 Å². The lowest BCUT2D eigenvalue weighted by Gasteiger charge is -2.17. The Bertz CT molecular complexity index is 1350. The van der Waals surface area contributed by atoms with Crippen LogP contribution in [-0.4, -0.2) is 40.0 Å². The summed E-state index contributed by atoms with van der Waals surface area (Å²) in [4.78, 5) is 2.91. The molecule has 0 fully saturated rings. The van der Waals surface area contributed by atoms with Crippen LogP contribution in [0.3, 0.4) is 0 Å². The monoisotopic (exact) mass is 454 g/mol. The molecular weight excluding hydrogens is 436 g/mol. The van der Waals surface area contributed by atoms with Crippen molar-refractivity contribution in [1.29, 1.82) is 5.41 Å². The van der Waals surface area contributed by atoms with Gasteiger partial charge in [-0.3, -0.25) is 5.41 Å². The van der Waals surface area contributed by atoms with Crippen molar-refractivity contribution in [2.45, 2.75) is 9.79 Å². The van der Waals surface area contributed by atoms with Crippen molar-refractivity contribution in [2.75, 3.05) is 18.0 Å². The van der Waals surface area contributed by atoms with E-state index in [-0.39, 0.29) is 17.7 Å². The number of primary sulfonamides is 1. The van der Waals surface area contributed by atoms with Crippen molar-refractivity contribution < 1.29 is 16.8 Å². The van der Waals surface area contributed by atoms with Crippen LogP contribution in [0.15, 0.2) is 40.1 Å². The number of fused-ring (bicyclic) bond motifs is 1. The summed E-state index contributed by atoms with van der Waals surface area (Å²) in [5, 5.41) is 13.6. The number of rotatable bonds is 6. The molecule has 10 nitrogen and oxygen atoms in total. The van der Waals surface area contributed by atoms with Crippen LogP contribution in [0.1, 0.15) is 5.56 Å². The molecular formula is C16H18N6O4S3. The first-order valence-electron chi connectivity index (χ1n) is 8.10. The number of aromatic nitrogens is 1. The third kappa shape index (κ3) is 3.82. The van der Waals surface area contributed by atoms with Crippen LogP contribution in [0, 0.1) is 5.41 Å². The molecule has 29 heavy (non-hydrogen) atoms. The van der Waals surface area contributed by atoms with E-state index in [4.69, 9.17) is 27.7 Å². The van der Waals surface area contributed by atoms with E-state index in [0.717, 1.165) is 6.07 Å². The summed E-state index contributed by atoms with van der Waals surface area (Å²) in [6, 6.07) is 7.59. The molecule has 1 aromatic heterocycles. The summed E-state index contributed by atoms with van der Waals surface area (Å²) in [5.74, 6) is -1.14. The van der Waals surface area contributed by atoms with Crippen LogP contribution in [0.2, 0.25) is 0 Å². The Labute approximate surface area is 171 Å².